The molecule has 0 amide bonds. The summed E-state index contributed by atoms with van der Waals surface area (Å²) in [5.74, 6) is 0.976. The average molecular weight is 321 g/mol. The topological polar surface area (TPSA) is 58.2 Å². The fourth-order valence-electron chi connectivity index (χ4n) is 1.63. The second-order valence-corrected chi connectivity index (χ2v) is 8.56. The van der Waals surface area contributed by atoms with Crippen LogP contribution in [0.1, 0.15) is 24.8 Å². The Kier molecular flexibility index (Phi) is 5.70. The lowest BCUT2D eigenvalue weighted by atomic mass is 10.3. The molecule has 0 bridgehead atoms. The van der Waals surface area contributed by atoms with Crippen molar-refractivity contribution in [2.75, 3.05) is 18.6 Å². The average Bonchev–Trinajstić information content (AvgIpc) is 3.08. The molecule has 0 saturated heterocycles. The van der Waals surface area contributed by atoms with Gasteiger partial charge in [0.25, 0.3) is 0 Å². The summed E-state index contributed by atoms with van der Waals surface area (Å²) in [4.78, 5) is 0. The van der Waals surface area contributed by atoms with Crippen molar-refractivity contribution < 1.29 is 8.42 Å². The molecule has 2 rings (SSSR count). The Morgan fingerprint density at radius 1 is 1.47 bits per heavy atom. The number of hydrogen-bond acceptors (Lipinski definition) is 5. The van der Waals surface area contributed by atoms with Gasteiger partial charge >= 0.3 is 0 Å². The molecule has 0 unspecified atom stereocenters. The van der Waals surface area contributed by atoms with Crippen molar-refractivity contribution >= 4 is 33.1 Å². The summed E-state index contributed by atoms with van der Waals surface area (Å²) in [5, 5.41) is 5.31. The third kappa shape index (κ3) is 5.07. The van der Waals surface area contributed by atoms with Crippen LogP contribution in [0.15, 0.2) is 15.7 Å². The first-order chi connectivity index (χ1) is 9.12. The number of thioether (sulfide) groups is 1. The predicted octanol–water partition coefficient (Wildman–Crippen LogP) is 2.03. The standard InChI is InChI=1S/C12H20N2O2S3/c1-17-6-2-5-14-19(15,16)12-7-10(9-18-12)8-13-11-3-4-11/h7,9,11,13-14H,2-6,8H2,1H3. The first-order valence-corrected chi connectivity index (χ1v) is 10.2. The first kappa shape index (κ1) is 15.3. The van der Waals surface area contributed by atoms with Crippen LogP contribution < -0.4 is 10.0 Å². The van der Waals surface area contributed by atoms with Gasteiger partial charge in [-0.05, 0) is 48.3 Å². The zero-order valence-electron chi connectivity index (χ0n) is 11.0. The summed E-state index contributed by atoms with van der Waals surface area (Å²) in [7, 11) is -3.31. The molecule has 1 heterocycles. The lowest BCUT2D eigenvalue weighted by Gasteiger charge is -2.03. The zero-order chi connectivity index (χ0) is 13.7. The van der Waals surface area contributed by atoms with Gasteiger partial charge in [0.2, 0.25) is 10.0 Å². The van der Waals surface area contributed by atoms with Gasteiger partial charge in [-0.25, -0.2) is 13.1 Å². The minimum atomic E-state index is -3.31. The summed E-state index contributed by atoms with van der Waals surface area (Å²) >= 11 is 3.02. The van der Waals surface area contributed by atoms with Crippen LogP contribution in [0.3, 0.4) is 0 Å². The van der Waals surface area contributed by atoms with Crippen molar-refractivity contribution in [3.05, 3.63) is 17.0 Å². The van der Waals surface area contributed by atoms with E-state index >= 15 is 0 Å². The van der Waals surface area contributed by atoms with Gasteiger partial charge in [-0.1, -0.05) is 0 Å². The van der Waals surface area contributed by atoms with Gasteiger partial charge in [-0.2, -0.15) is 11.8 Å². The van der Waals surface area contributed by atoms with Crippen molar-refractivity contribution in [1.29, 1.82) is 0 Å². The van der Waals surface area contributed by atoms with Crippen molar-refractivity contribution in [1.82, 2.24) is 10.0 Å². The summed E-state index contributed by atoms with van der Waals surface area (Å²) in [5.41, 5.74) is 1.06. The maximum absolute atomic E-state index is 12.0. The molecule has 19 heavy (non-hydrogen) atoms. The molecular weight excluding hydrogens is 300 g/mol. The van der Waals surface area contributed by atoms with E-state index in [-0.39, 0.29) is 0 Å². The van der Waals surface area contributed by atoms with Gasteiger partial charge in [-0.3, -0.25) is 0 Å². The Bertz CT molecular complexity index is 495. The molecule has 1 aromatic rings. The van der Waals surface area contributed by atoms with Crippen LogP contribution in [0.4, 0.5) is 0 Å². The lowest BCUT2D eigenvalue weighted by molar-refractivity contribution is 0.583. The SMILES string of the molecule is CSCCCNS(=O)(=O)c1cc(CNC2CC2)cs1. The maximum atomic E-state index is 12.0. The van der Waals surface area contributed by atoms with Crippen LogP contribution in [0.5, 0.6) is 0 Å². The van der Waals surface area contributed by atoms with E-state index < -0.39 is 10.0 Å². The van der Waals surface area contributed by atoms with Crippen LogP contribution in [0.25, 0.3) is 0 Å². The number of nitrogens with one attached hydrogen (secondary N) is 2. The highest BCUT2D eigenvalue weighted by Crippen LogP contribution is 2.23. The van der Waals surface area contributed by atoms with Crippen LogP contribution in [-0.4, -0.2) is 33.0 Å². The second kappa shape index (κ2) is 7.08. The zero-order valence-corrected chi connectivity index (χ0v) is 13.5. The van der Waals surface area contributed by atoms with Gasteiger partial charge in [0.1, 0.15) is 4.21 Å². The van der Waals surface area contributed by atoms with Crippen LogP contribution in [0, 0.1) is 0 Å². The molecule has 1 aliphatic carbocycles. The molecule has 108 valence electrons. The number of hydrogen-bond donors (Lipinski definition) is 2. The number of sulfonamides is 1. The third-order valence-corrected chi connectivity index (χ3v) is 6.53. The molecular formula is C12H20N2O2S3. The minimum absolute atomic E-state index is 0.421. The predicted molar refractivity (Wildman–Crippen MR) is 82.4 cm³/mol. The summed E-state index contributed by atoms with van der Waals surface area (Å²) in [6.45, 7) is 1.28. The van der Waals surface area contributed by atoms with Gasteiger partial charge < -0.3 is 5.32 Å². The Balaban J connectivity index is 1.84. The van der Waals surface area contributed by atoms with E-state index in [9.17, 15) is 8.42 Å². The highest BCUT2D eigenvalue weighted by atomic mass is 32.2. The van der Waals surface area contributed by atoms with E-state index in [4.69, 9.17) is 0 Å². The molecule has 0 aromatic carbocycles. The maximum Gasteiger partial charge on any atom is 0.250 e. The molecule has 1 fully saturated rings. The Labute approximate surface area is 123 Å². The van der Waals surface area contributed by atoms with Crippen LogP contribution in [0.2, 0.25) is 0 Å². The smallest absolute Gasteiger partial charge is 0.250 e. The van der Waals surface area contributed by atoms with E-state index in [1.54, 1.807) is 17.8 Å². The molecule has 0 atom stereocenters. The van der Waals surface area contributed by atoms with Gasteiger partial charge in [-0.15, -0.1) is 11.3 Å². The normalized spacial score (nSPS) is 15.8. The van der Waals surface area contributed by atoms with Gasteiger partial charge in [0.05, 0.1) is 0 Å². The Morgan fingerprint density at radius 2 is 2.26 bits per heavy atom. The quantitative estimate of drug-likeness (QED) is 0.684. The monoisotopic (exact) mass is 320 g/mol. The molecule has 0 aliphatic heterocycles. The molecule has 2 N–H and O–H groups in total. The number of rotatable bonds is 9. The molecule has 0 radical (unpaired) electrons. The molecule has 4 nitrogen and oxygen atoms in total. The number of thiophene rings is 1. The molecule has 0 spiro atoms. The van der Waals surface area contributed by atoms with Crippen LogP contribution in [-0.2, 0) is 16.6 Å². The molecule has 1 saturated carbocycles. The van der Waals surface area contributed by atoms with Crippen molar-refractivity contribution in [3.8, 4) is 0 Å². The van der Waals surface area contributed by atoms with Gasteiger partial charge in [0, 0.05) is 19.1 Å². The molecule has 1 aliphatic rings. The summed E-state index contributed by atoms with van der Waals surface area (Å²) in [6, 6.07) is 2.42. The molecule has 1 aromatic heterocycles. The Morgan fingerprint density at radius 3 is 2.95 bits per heavy atom. The van der Waals surface area contributed by atoms with E-state index in [0.717, 1.165) is 24.3 Å². The van der Waals surface area contributed by atoms with E-state index in [2.05, 4.69) is 10.0 Å². The first-order valence-electron chi connectivity index (χ1n) is 6.41. The summed E-state index contributed by atoms with van der Waals surface area (Å²) in [6.07, 6.45) is 5.37. The molecule has 7 heteroatoms. The lowest BCUT2D eigenvalue weighted by Crippen LogP contribution is -2.24. The van der Waals surface area contributed by atoms with E-state index in [0.29, 0.717) is 16.8 Å². The van der Waals surface area contributed by atoms with E-state index in [1.165, 1.54) is 24.2 Å². The fraction of sp³-hybridized carbons (Fsp3) is 0.667. The van der Waals surface area contributed by atoms with Crippen LogP contribution >= 0.6 is 23.1 Å². The Hall–Kier alpha value is -0.0800. The van der Waals surface area contributed by atoms with E-state index in [1.807, 2.05) is 11.6 Å². The minimum Gasteiger partial charge on any atom is -0.310 e. The van der Waals surface area contributed by atoms with Crippen molar-refractivity contribution in [3.63, 3.8) is 0 Å². The summed E-state index contributed by atoms with van der Waals surface area (Å²) < 4.78 is 27.1. The second-order valence-electron chi connectivity index (χ2n) is 4.67. The third-order valence-electron chi connectivity index (χ3n) is 2.88. The van der Waals surface area contributed by atoms with Gasteiger partial charge in [0.15, 0.2) is 0 Å². The largest absolute Gasteiger partial charge is 0.310 e. The highest BCUT2D eigenvalue weighted by Gasteiger charge is 2.21. The van der Waals surface area contributed by atoms with Crippen molar-refractivity contribution in [2.24, 2.45) is 0 Å². The van der Waals surface area contributed by atoms with Crippen molar-refractivity contribution in [2.45, 2.75) is 36.1 Å². The fourth-order valence-corrected chi connectivity index (χ4v) is 4.39. The highest BCUT2D eigenvalue weighted by molar-refractivity contribution is 7.98.